The Morgan fingerprint density at radius 1 is 0.562 bits per heavy atom. The second-order valence-corrected chi connectivity index (χ2v) is 7.43. The van der Waals surface area contributed by atoms with Gasteiger partial charge in [0.05, 0.1) is 5.56 Å². The van der Waals surface area contributed by atoms with E-state index in [0.717, 1.165) is 42.7 Å². The minimum Gasteiger partial charge on any atom is -0.207 e. The molecule has 0 atom stereocenters. The Labute approximate surface area is 186 Å². The molecule has 0 bridgehead atoms. The summed E-state index contributed by atoms with van der Waals surface area (Å²) in [7, 11) is 0. The molecule has 0 nitrogen and oxygen atoms in total. The lowest BCUT2D eigenvalue weighted by molar-refractivity contribution is 0.552. The van der Waals surface area contributed by atoms with Crippen LogP contribution >= 0.6 is 0 Å². The second kappa shape index (κ2) is 10.7. The number of hydrogen-bond donors (Lipinski definition) is 0. The van der Waals surface area contributed by atoms with Crippen molar-refractivity contribution < 1.29 is 17.6 Å². The predicted octanol–water partition coefficient (Wildman–Crippen LogP) is 6.95. The summed E-state index contributed by atoms with van der Waals surface area (Å²) in [6.45, 7) is 3.92. The van der Waals surface area contributed by atoms with Gasteiger partial charge in [-0.1, -0.05) is 62.5 Å². The van der Waals surface area contributed by atoms with Gasteiger partial charge in [-0.25, -0.2) is 17.6 Å². The summed E-state index contributed by atoms with van der Waals surface area (Å²) in [4.78, 5) is 0. The number of aryl methyl sites for hydroxylation is 1. The van der Waals surface area contributed by atoms with Crippen molar-refractivity contribution in [2.24, 2.45) is 0 Å². The molecule has 0 N–H and O–H groups in total. The van der Waals surface area contributed by atoms with Gasteiger partial charge in [0.25, 0.3) is 0 Å². The quantitative estimate of drug-likeness (QED) is 0.308. The average molecular weight is 434 g/mol. The van der Waals surface area contributed by atoms with E-state index < -0.39 is 28.8 Å². The van der Waals surface area contributed by atoms with Crippen LogP contribution in [0.2, 0.25) is 0 Å². The van der Waals surface area contributed by atoms with Crippen LogP contribution in [0.1, 0.15) is 60.1 Å². The van der Waals surface area contributed by atoms with Crippen LogP contribution < -0.4 is 0 Å². The van der Waals surface area contributed by atoms with E-state index in [1.54, 1.807) is 0 Å². The summed E-state index contributed by atoms with van der Waals surface area (Å²) in [6.07, 6.45) is 2.89. The van der Waals surface area contributed by atoms with Crippen molar-refractivity contribution in [2.45, 2.75) is 39.5 Å². The molecule has 0 amide bonds. The van der Waals surface area contributed by atoms with Crippen molar-refractivity contribution in [1.29, 1.82) is 0 Å². The molecule has 162 valence electrons. The van der Waals surface area contributed by atoms with E-state index >= 15 is 0 Å². The predicted molar refractivity (Wildman–Crippen MR) is 119 cm³/mol. The molecule has 0 aliphatic heterocycles. The first kappa shape index (κ1) is 23.2. The van der Waals surface area contributed by atoms with E-state index in [-0.39, 0.29) is 23.1 Å². The van der Waals surface area contributed by atoms with Gasteiger partial charge in [0.15, 0.2) is 0 Å². The molecule has 0 aliphatic rings. The van der Waals surface area contributed by atoms with Gasteiger partial charge in [-0.05, 0) is 54.8 Å². The molecule has 3 aromatic rings. The first-order valence-corrected chi connectivity index (χ1v) is 10.5. The number of rotatable bonds is 4. The summed E-state index contributed by atoms with van der Waals surface area (Å²) in [5.74, 6) is 7.21. The zero-order valence-electron chi connectivity index (χ0n) is 18.0. The van der Waals surface area contributed by atoms with Crippen LogP contribution in [0.4, 0.5) is 17.6 Å². The monoisotopic (exact) mass is 434 g/mol. The van der Waals surface area contributed by atoms with Crippen molar-refractivity contribution >= 4 is 0 Å². The van der Waals surface area contributed by atoms with Gasteiger partial charge < -0.3 is 0 Å². The van der Waals surface area contributed by atoms with E-state index in [1.807, 2.05) is 31.2 Å². The van der Waals surface area contributed by atoms with Crippen molar-refractivity contribution in [3.8, 4) is 23.7 Å². The lowest BCUT2D eigenvalue weighted by Gasteiger charge is -2.04. The first-order chi connectivity index (χ1) is 15.4. The average Bonchev–Trinajstić information content (AvgIpc) is 2.75. The fraction of sp³-hybridized carbons (Fsp3) is 0.214. The SMILES string of the molecule is CCCc1ccc(C#Cc2cc(F)c(C#Cc3cc(F)c(CCC)c(F)c3)c(F)c2)cc1. The van der Waals surface area contributed by atoms with Crippen LogP contribution in [0.25, 0.3) is 0 Å². The van der Waals surface area contributed by atoms with Crippen LogP contribution in [0.5, 0.6) is 0 Å². The Morgan fingerprint density at radius 3 is 1.56 bits per heavy atom. The van der Waals surface area contributed by atoms with E-state index in [2.05, 4.69) is 30.6 Å². The minimum absolute atomic E-state index is 0.00837. The van der Waals surface area contributed by atoms with Crippen molar-refractivity contribution in [2.75, 3.05) is 0 Å². The fourth-order valence-corrected chi connectivity index (χ4v) is 3.25. The van der Waals surface area contributed by atoms with Gasteiger partial charge in [0.2, 0.25) is 0 Å². The third-order valence-electron chi connectivity index (χ3n) is 4.86. The molecule has 3 aromatic carbocycles. The maximum Gasteiger partial charge on any atom is 0.143 e. The summed E-state index contributed by atoms with van der Waals surface area (Å²) >= 11 is 0. The molecule has 0 fully saturated rings. The van der Waals surface area contributed by atoms with Crippen LogP contribution in [-0.2, 0) is 12.8 Å². The van der Waals surface area contributed by atoms with Gasteiger partial charge in [0, 0.05) is 22.3 Å². The molecule has 3 rings (SSSR count). The Kier molecular flexibility index (Phi) is 7.74. The molecule has 0 radical (unpaired) electrons. The topological polar surface area (TPSA) is 0 Å². The smallest absolute Gasteiger partial charge is 0.143 e. The molecule has 0 unspecified atom stereocenters. The fourth-order valence-electron chi connectivity index (χ4n) is 3.25. The van der Waals surface area contributed by atoms with E-state index in [1.165, 1.54) is 5.56 Å². The summed E-state index contributed by atoms with van der Waals surface area (Å²) in [5, 5.41) is 0. The van der Waals surface area contributed by atoms with Gasteiger partial charge in [-0.3, -0.25) is 0 Å². The van der Waals surface area contributed by atoms with Crippen LogP contribution in [0.3, 0.4) is 0 Å². The Morgan fingerprint density at radius 2 is 1.03 bits per heavy atom. The number of hydrogen-bond acceptors (Lipinski definition) is 0. The second-order valence-electron chi connectivity index (χ2n) is 7.43. The van der Waals surface area contributed by atoms with Gasteiger partial charge in [-0.2, -0.15) is 0 Å². The van der Waals surface area contributed by atoms with E-state index in [0.29, 0.717) is 6.42 Å². The van der Waals surface area contributed by atoms with E-state index in [4.69, 9.17) is 0 Å². The summed E-state index contributed by atoms with van der Waals surface area (Å²) < 4.78 is 57.0. The molecule has 32 heavy (non-hydrogen) atoms. The highest BCUT2D eigenvalue weighted by Crippen LogP contribution is 2.18. The zero-order valence-corrected chi connectivity index (χ0v) is 18.0. The minimum atomic E-state index is -0.886. The third-order valence-corrected chi connectivity index (χ3v) is 4.86. The highest BCUT2D eigenvalue weighted by atomic mass is 19.1. The lowest BCUT2D eigenvalue weighted by Crippen LogP contribution is -1.97. The molecule has 0 spiro atoms. The Hall–Kier alpha value is -3.50. The lowest BCUT2D eigenvalue weighted by atomic mass is 10.0. The maximum atomic E-state index is 14.4. The summed E-state index contributed by atoms with van der Waals surface area (Å²) in [6, 6.07) is 12.0. The Balaban J connectivity index is 1.84. The van der Waals surface area contributed by atoms with Crippen molar-refractivity contribution in [3.05, 3.63) is 105 Å². The maximum absolute atomic E-state index is 14.4. The van der Waals surface area contributed by atoms with Crippen LogP contribution in [-0.4, -0.2) is 0 Å². The number of benzene rings is 3. The molecule has 4 heteroatoms. The Bertz CT molecular complexity index is 1190. The van der Waals surface area contributed by atoms with Gasteiger partial charge in [-0.15, -0.1) is 0 Å². The highest BCUT2D eigenvalue weighted by Gasteiger charge is 2.11. The van der Waals surface area contributed by atoms with E-state index in [9.17, 15) is 17.6 Å². The van der Waals surface area contributed by atoms with Crippen molar-refractivity contribution in [3.63, 3.8) is 0 Å². The zero-order chi connectivity index (χ0) is 23.1. The first-order valence-electron chi connectivity index (χ1n) is 10.5. The largest absolute Gasteiger partial charge is 0.207 e. The van der Waals surface area contributed by atoms with Crippen LogP contribution in [0.15, 0.2) is 48.5 Å². The van der Waals surface area contributed by atoms with Crippen molar-refractivity contribution in [1.82, 2.24) is 0 Å². The van der Waals surface area contributed by atoms with Gasteiger partial charge >= 0.3 is 0 Å². The van der Waals surface area contributed by atoms with Gasteiger partial charge in [0.1, 0.15) is 23.3 Å². The molecule has 0 heterocycles. The van der Waals surface area contributed by atoms with Crippen LogP contribution in [0, 0.1) is 47.0 Å². The number of halogens is 4. The molecular formula is C28H22F4. The molecular weight excluding hydrogens is 412 g/mol. The third kappa shape index (κ3) is 5.80. The normalized spacial score (nSPS) is 10.2. The standard InChI is InChI=1S/C28H22F4/c1-3-5-19-7-9-20(10-8-19)11-12-21-15-27(31)24(28(32)16-21)14-13-22-17-25(29)23(6-4-2)26(30)18-22/h7-10,15-18H,3-6H2,1-2H3. The molecule has 0 aromatic heterocycles. The summed E-state index contributed by atoms with van der Waals surface area (Å²) in [5.41, 5.74) is 1.64. The molecule has 0 saturated carbocycles. The highest BCUT2D eigenvalue weighted by molar-refractivity contribution is 5.50. The molecule has 0 aliphatic carbocycles. The molecule has 0 saturated heterocycles.